The highest BCUT2D eigenvalue weighted by Gasteiger charge is 2.04. The zero-order chi connectivity index (χ0) is 10.3. The molecule has 0 saturated carbocycles. The molecule has 0 aromatic heterocycles. The van der Waals surface area contributed by atoms with Gasteiger partial charge in [-0.3, -0.25) is 0 Å². The van der Waals surface area contributed by atoms with Crippen molar-refractivity contribution in [3.63, 3.8) is 0 Å². The Bertz CT molecular complexity index is 103. The SMILES string of the molecule is CC(C)CCCCC(C)CC(C)C. The van der Waals surface area contributed by atoms with Gasteiger partial charge in [0.15, 0.2) is 0 Å². The second-order valence-electron chi connectivity index (χ2n) is 5.41. The average Bonchev–Trinajstić information content (AvgIpc) is 1.96. The predicted octanol–water partition coefficient (Wildman–Crippen LogP) is 4.89. The van der Waals surface area contributed by atoms with Crippen molar-refractivity contribution in [3.8, 4) is 0 Å². The lowest BCUT2D eigenvalue weighted by Gasteiger charge is -2.13. The van der Waals surface area contributed by atoms with Gasteiger partial charge in [-0.2, -0.15) is 0 Å². The zero-order valence-electron chi connectivity index (χ0n) is 10.3. The smallest absolute Gasteiger partial charge is 0.0440 e. The van der Waals surface area contributed by atoms with Crippen LogP contribution in [0.4, 0.5) is 0 Å². The molecule has 0 spiro atoms. The normalized spacial score (nSPS) is 14.1. The van der Waals surface area contributed by atoms with Crippen LogP contribution in [0, 0.1) is 17.8 Å². The van der Waals surface area contributed by atoms with Crippen molar-refractivity contribution >= 4 is 0 Å². The lowest BCUT2D eigenvalue weighted by molar-refractivity contribution is 0.392. The summed E-state index contributed by atoms with van der Waals surface area (Å²) in [4.78, 5) is 0. The first-order valence-electron chi connectivity index (χ1n) is 6.02. The topological polar surface area (TPSA) is 0 Å². The van der Waals surface area contributed by atoms with Crippen LogP contribution < -0.4 is 0 Å². The van der Waals surface area contributed by atoms with Gasteiger partial charge in [0.2, 0.25) is 0 Å². The van der Waals surface area contributed by atoms with E-state index in [1.165, 1.54) is 32.1 Å². The molecule has 0 amide bonds. The molecule has 0 saturated heterocycles. The predicted molar refractivity (Wildman–Crippen MR) is 61.9 cm³/mol. The van der Waals surface area contributed by atoms with Gasteiger partial charge >= 0.3 is 0 Å². The molecule has 0 aliphatic rings. The minimum atomic E-state index is 0.875. The van der Waals surface area contributed by atoms with Gasteiger partial charge in [-0.1, -0.05) is 60.3 Å². The van der Waals surface area contributed by atoms with E-state index < -0.39 is 0 Å². The number of rotatable bonds is 7. The summed E-state index contributed by atoms with van der Waals surface area (Å²) in [5.41, 5.74) is 0. The molecule has 0 aliphatic heterocycles. The van der Waals surface area contributed by atoms with E-state index in [1.54, 1.807) is 0 Å². The first kappa shape index (κ1) is 13.0. The number of hydrogen-bond donors (Lipinski definition) is 0. The molecule has 0 aromatic carbocycles. The summed E-state index contributed by atoms with van der Waals surface area (Å²) in [6.07, 6.45) is 7.12. The molecular weight excluding hydrogens is 156 g/mol. The Kier molecular flexibility index (Phi) is 7.41. The maximum Gasteiger partial charge on any atom is -0.0440 e. The van der Waals surface area contributed by atoms with Gasteiger partial charge in [-0.25, -0.2) is 0 Å². The summed E-state index contributed by atoms with van der Waals surface area (Å²) in [7, 11) is 0. The zero-order valence-corrected chi connectivity index (χ0v) is 10.3. The minimum Gasteiger partial charge on any atom is -0.0628 e. The molecule has 0 aromatic rings. The van der Waals surface area contributed by atoms with E-state index in [0.717, 1.165) is 17.8 Å². The first-order valence-corrected chi connectivity index (χ1v) is 6.02. The monoisotopic (exact) mass is 184 g/mol. The fraction of sp³-hybridized carbons (Fsp3) is 1.00. The lowest BCUT2D eigenvalue weighted by Crippen LogP contribution is -2.00. The van der Waals surface area contributed by atoms with Crippen LogP contribution >= 0.6 is 0 Å². The number of hydrogen-bond acceptors (Lipinski definition) is 0. The quantitative estimate of drug-likeness (QED) is 0.494. The third-order valence-corrected chi connectivity index (χ3v) is 2.60. The highest BCUT2D eigenvalue weighted by atomic mass is 14.1. The Morgan fingerprint density at radius 1 is 0.692 bits per heavy atom. The van der Waals surface area contributed by atoms with Gasteiger partial charge in [0.05, 0.1) is 0 Å². The molecule has 80 valence electrons. The standard InChI is InChI=1S/C13H28/c1-11(2)8-6-7-9-13(5)10-12(3)4/h11-13H,6-10H2,1-5H3. The third-order valence-electron chi connectivity index (χ3n) is 2.60. The third kappa shape index (κ3) is 9.92. The van der Waals surface area contributed by atoms with E-state index in [0.29, 0.717) is 0 Å². The van der Waals surface area contributed by atoms with Gasteiger partial charge < -0.3 is 0 Å². The molecular formula is C13H28. The summed E-state index contributed by atoms with van der Waals surface area (Å²) in [5.74, 6) is 2.70. The largest absolute Gasteiger partial charge is 0.0628 e. The van der Waals surface area contributed by atoms with Crippen LogP contribution in [0.1, 0.15) is 66.7 Å². The van der Waals surface area contributed by atoms with E-state index in [1.807, 2.05) is 0 Å². The Balaban J connectivity index is 3.22. The van der Waals surface area contributed by atoms with Crippen molar-refractivity contribution in [1.82, 2.24) is 0 Å². The minimum absolute atomic E-state index is 0.875. The summed E-state index contributed by atoms with van der Waals surface area (Å²) >= 11 is 0. The fourth-order valence-corrected chi connectivity index (χ4v) is 1.97. The van der Waals surface area contributed by atoms with Crippen molar-refractivity contribution in [3.05, 3.63) is 0 Å². The Labute approximate surface area is 85.1 Å². The maximum atomic E-state index is 2.40. The van der Waals surface area contributed by atoms with Crippen molar-refractivity contribution in [1.29, 1.82) is 0 Å². The first-order chi connectivity index (χ1) is 6.02. The van der Waals surface area contributed by atoms with Gasteiger partial charge in [-0.05, 0) is 24.2 Å². The van der Waals surface area contributed by atoms with Gasteiger partial charge in [-0.15, -0.1) is 0 Å². The van der Waals surface area contributed by atoms with E-state index in [4.69, 9.17) is 0 Å². The van der Waals surface area contributed by atoms with Crippen LogP contribution in [0.25, 0.3) is 0 Å². The second kappa shape index (κ2) is 7.41. The van der Waals surface area contributed by atoms with Gasteiger partial charge in [0.1, 0.15) is 0 Å². The van der Waals surface area contributed by atoms with Crippen LogP contribution in [0.2, 0.25) is 0 Å². The van der Waals surface area contributed by atoms with E-state index in [-0.39, 0.29) is 0 Å². The molecule has 0 heterocycles. The van der Waals surface area contributed by atoms with E-state index in [2.05, 4.69) is 34.6 Å². The molecule has 0 aliphatic carbocycles. The lowest BCUT2D eigenvalue weighted by atomic mass is 9.93. The molecule has 1 atom stereocenters. The fourth-order valence-electron chi connectivity index (χ4n) is 1.97. The molecule has 0 heteroatoms. The molecule has 0 radical (unpaired) electrons. The van der Waals surface area contributed by atoms with E-state index in [9.17, 15) is 0 Å². The molecule has 1 unspecified atom stereocenters. The maximum absolute atomic E-state index is 2.40. The summed E-state index contributed by atoms with van der Waals surface area (Å²) in [5, 5.41) is 0. The van der Waals surface area contributed by atoms with Crippen LogP contribution in [-0.2, 0) is 0 Å². The number of unbranched alkanes of at least 4 members (excludes halogenated alkanes) is 1. The summed E-state index contributed by atoms with van der Waals surface area (Å²) in [6, 6.07) is 0. The van der Waals surface area contributed by atoms with Crippen molar-refractivity contribution in [2.24, 2.45) is 17.8 Å². The van der Waals surface area contributed by atoms with Crippen molar-refractivity contribution in [2.75, 3.05) is 0 Å². The highest BCUT2D eigenvalue weighted by Crippen LogP contribution is 2.18. The van der Waals surface area contributed by atoms with Crippen molar-refractivity contribution < 1.29 is 0 Å². The van der Waals surface area contributed by atoms with Crippen molar-refractivity contribution in [2.45, 2.75) is 66.7 Å². The van der Waals surface area contributed by atoms with E-state index >= 15 is 0 Å². The molecule has 0 fully saturated rings. The summed E-state index contributed by atoms with van der Waals surface area (Å²) < 4.78 is 0. The van der Waals surface area contributed by atoms with Gasteiger partial charge in [0.25, 0.3) is 0 Å². The molecule has 0 nitrogen and oxygen atoms in total. The van der Waals surface area contributed by atoms with Crippen LogP contribution in [-0.4, -0.2) is 0 Å². The molecule has 0 N–H and O–H groups in total. The second-order valence-corrected chi connectivity index (χ2v) is 5.41. The van der Waals surface area contributed by atoms with Crippen LogP contribution in [0.5, 0.6) is 0 Å². The Hall–Kier alpha value is 0. The molecule has 13 heavy (non-hydrogen) atoms. The van der Waals surface area contributed by atoms with Crippen LogP contribution in [0.15, 0.2) is 0 Å². The Morgan fingerprint density at radius 3 is 1.69 bits per heavy atom. The Morgan fingerprint density at radius 2 is 1.23 bits per heavy atom. The summed E-state index contributed by atoms with van der Waals surface area (Å²) in [6.45, 7) is 11.7. The molecule has 0 bridgehead atoms. The highest BCUT2D eigenvalue weighted by molar-refractivity contribution is 4.57. The van der Waals surface area contributed by atoms with Gasteiger partial charge in [0, 0.05) is 0 Å². The average molecular weight is 184 g/mol. The molecule has 0 rings (SSSR count). The van der Waals surface area contributed by atoms with Crippen LogP contribution in [0.3, 0.4) is 0 Å².